The highest BCUT2D eigenvalue weighted by Crippen LogP contribution is 2.33. The van der Waals surface area contributed by atoms with Crippen LogP contribution in [0, 0.1) is 0 Å². The Labute approximate surface area is 166 Å². The molecular weight excluding hydrogens is 434 g/mol. The molecule has 0 saturated heterocycles. The Balaban J connectivity index is 1.90. The predicted octanol–water partition coefficient (Wildman–Crippen LogP) is 4.55. The van der Waals surface area contributed by atoms with Crippen molar-refractivity contribution in [1.29, 1.82) is 0 Å². The number of carboxylic acid groups (broad SMARTS) is 1. The van der Waals surface area contributed by atoms with Gasteiger partial charge < -0.3 is 20.4 Å². The van der Waals surface area contributed by atoms with Crippen molar-refractivity contribution in [2.24, 2.45) is 0 Å². The predicted molar refractivity (Wildman–Crippen MR) is 108 cm³/mol. The molecular formula is C19H13BrClN3O3. The number of hydrogen-bond donors (Lipinski definition) is 4. The lowest BCUT2D eigenvalue weighted by Gasteiger charge is -2.04. The highest BCUT2D eigenvalue weighted by Gasteiger charge is 2.21. The van der Waals surface area contributed by atoms with E-state index in [1.807, 2.05) is 36.4 Å². The summed E-state index contributed by atoms with van der Waals surface area (Å²) in [6, 6.07) is 12.9. The number of halogens is 2. The number of carboxylic acids is 1. The first-order valence-corrected chi connectivity index (χ1v) is 9.19. The van der Waals surface area contributed by atoms with Gasteiger partial charge in [0, 0.05) is 31.3 Å². The van der Waals surface area contributed by atoms with Gasteiger partial charge in [-0.3, -0.25) is 9.59 Å². The number of aliphatic carboxylic acids is 1. The molecule has 0 aliphatic rings. The van der Waals surface area contributed by atoms with Crippen LogP contribution in [0.5, 0.6) is 0 Å². The highest BCUT2D eigenvalue weighted by molar-refractivity contribution is 9.10. The number of fused-ring (bicyclic) bond motifs is 2. The summed E-state index contributed by atoms with van der Waals surface area (Å²) < 4.78 is 0.865. The molecule has 2 heterocycles. The molecule has 4 N–H and O–H groups in total. The van der Waals surface area contributed by atoms with Crippen LogP contribution in [0.1, 0.15) is 10.4 Å². The van der Waals surface area contributed by atoms with Crippen LogP contribution in [0.15, 0.2) is 46.9 Å². The summed E-state index contributed by atoms with van der Waals surface area (Å²) in [5.74, 6) is -1.56. The van der Waals surface area contributed by atoms with E-state index in [1.54, 1.807) is 6.07 Å². The van der Waals surface area contributed by atoms with E-state index in [-0.39, 0.29) is 0 Å². The van der Waals surface area contributed by atoms with Crippen molar-refractivity contribution in [3.63, 3.8) is 0 Å². The van der Waals surface area contributed by atoms with Crippen molar-refractivity contribution in [1.82, 2.24) is 15.3 Å². The van der Waals surface area contributed by atoms with Gasteiger partial charge in [-0.15, -0.1) is 0 Å². The van der Waals surface area contributed by atoms with Crippen LogP contribution in [0.2, 0.25) is 5.02 Å². The lowest BCUT2D eigenvalue weighted by molar-refractivity contribution is -0.135. The minimum Gasteiger partial charge on any atom is -0.480 e. The van der Waals surface area contributed by atoms with Crippen LogP contribution < -0.4 is 5.32 Å². The number of carbonyl (C=O) groups excluding carboxylic acids is 1. The Morgan fingerprint density at radius 2 is 1.89 bits per heavy atom. The van der Waals surface area contributed by atoms with Gasteiger partial charge in [0.2, 0.25) is 0 Å². The molecule has 0 atom stereocenters. The van der Waals surface area contributed by atoms with Crippen molar-refractivity contribution in [3.05, 3.63) is 57.5 Å². The molecule has 1 amide bonds. The summed E-state index contributed by atoms with van der Waals surface area (Å²) in [5.41, 5.74) is 3.32. The second-order valence-corrected chi connectivity index (χ2v) is 7.41. The van der Waals surface area contributed by atoms with E-state index in [9.17, 15) is 9.59 Å². The van der Waals surface area contributed by atoms with Gasteiger partial charge in [-0.05, 0) is 36.4 Å². The third-order valence-corrected chi connectivity index (χ3v) is 4.97. The molecule has 8 heteroatoms. The molecule has 0 unspecified atom stereocenters. The molecule has 4 rings (SSSR count). The molecule has 2 aromatic carbocycles. The number of nitrogens with one attached hydrogen (secondary N) is 3. The quantitative estimate of drug-likeness (QED) is 0.370. The number of benzene rings is 2. The largest absolute Gasteiger partial charge is 0.480 e. The maximum atomic E-state index is 12.7. The first kappa shape index (κ1) is 17.6. The topological polar surface area (TPSA) is 98.0 Å². The lowest BCUT2D eigenvalue weighted by Crippen LogP contribution is -2.29. The molecule has 0 aliphatic heterocycles. The fourth-order valence-corrected chi connectivity index (χ4v) is 3.63. The third kappa shape index (κ3) is 3.31. The molecule has 136 valence electrons. The number of aromatic nitrogens is 2. The average Bonchev–Trinajstić information content (AvgIpc) is 3.19. The van der Waals surface area contributed by atoms with Crippen molar-refractivity contribution >= 4 is 61.2 Å². The van der Waals surface area contributed by atoms with E-state index in [0.29, 0.717) is 27.4 Å². The van der Waals surface area contributed by atoms with Crippen LogP contribution in [0.25, 0.3) is 33.2 Å². The number of aromatic amines is 2. The van der Waals surface area contributed by atoms with Gasteiger partial charge >= 0.3 is 5.97 Å². The van der Waals surface area contributed by atoms with Crippen LogP contribution in [-0.4, -0.2) is 33.5 Å². The summed E-state index contributed by atoms with van der Waals surface area (Å²) in [6.07, 6.45) is 0. The maximum Gasteiger partial charge on any atom is 0.322 e. The Morgan fingerprint density at radius 1 is 1.07 bits per heavy atom. The number of H-pyrrole nitrogens is 2. The van der Waals surface area contributed by atoms with Gasteiger partial charge in [-0.1, -0.05) is 33.6 Å². The van der Waals surface area contributed by atoms with E-state index >= 15 is 0 Å². The first-order valence-electron chi connectivity index (χ1n) is 8.02. The standard InChI is InChI=1S/C19H13BrClN3O3/c20-10-1-3-12-14(7-10)24-18(17(12)19(27)22-8-16(25)26)15-6-9-5-11(21)2-4-13(9)23-15/h1-7,23-24H,8H2,(H,22,27)(H,25,26). The van der Waals surface area contributed by atoms with Crippen molar-refractivity contribution < 1.29 is 14.7 Å². The number of carbonyl (C=O) groups is 2. The fourth-order valence-electron chi connectivity index (χ4n) is 3.09. The monoisotopic (exact) mass is 445 g/mol. The Bertz CT molecular complexity index is 1210. The summed E-state index contributed by atoms with van der Waals surface area (Å²) in [6.45, 7) is -0.455. The minimum absolute atomic E-state index is 0.386. The van der Waals surface area contributed by atoms with Gasteiger partial charge in [0.1, 0.15) is 6.54 Å². The Hall–Kier alpha value is -2.77. The smallest absolute Gasteiger partial charge is 0.322 e. The van der Waals surface area contributed by atoms with Crippen LogP contribution in [0.3, 0.4) is 0 Å². The second kappa shape index (κ2) is 6.75. The normalized spacial score (nSPS) is 11.2. The summed E-state index contributed by atoms with van der Waals surface area (Å²) in [7, 11) is 0. The van der Waals surface area contributed by atoms with Crippen LogP contribution in [-0.2, 0) is 4.79 Å². The van der Waals surface area contributed by atoms with Gasteiger partial charge in [-0.2, -0.15) is 0 Å². The molecule has 2 aromatic heterocycles. The summed E-state index contributed by atoms with van der Waals surface area (Å²) in [5, 5.41) is 13.5. The zero-order valence-corrected chi connectivity index (χ0v) is 16.1. The van der Waals surface area contributed by atoms with E-state index in [0.717, 1.165) is 20.9 Å². The molecule has 0 spiro atoms. The van der Waals surface area contributed by atoms with Crippen LogP contribution >= 0.6 is 27.5 Å². The van der Waals surface area contributed by atoms with Crippen LogP contribution in [0.4, 0.5) is 0 Å². The second-order valence-electron chi connectivity index (χ2n) is 6.06. The van der Waals surface area contributed by atoms with Gasteiger partial charge in [0.15, 0.2) is 0 Å². The van der Waals surface area contributed by atoms with Gasteiger partial charge in [0.25, 0.3) is 5.91 Å². The molecule has 0 radical (unpaired) electrons. The lowest BCUT2D eigenvalue weighted by atomic mass is 10.1. The van der Waals surface area contributed by atoms with Gasteiger partial charge in [-0.25, -0.2) is 0 Å². The zero-order chi connectivity index (χ0) is 19.1. The highest BCUT2D eigenvalue weighted by atomic mass is 79.9. The minimum atomic E-state index is -1.10. The number of amides is 1. The summed E-state index contributed by atoms with van der Waals surface area (Å²) >= 11 is 9.49. The van der Waals surface area contributed by atoms with E-state index < -0.39 is 18.4 Å². The fraction of sp³-hybridized carbons (Fsp3) is 0.0526. The molecule has 6 nitrogen and oxygen atoms in total. The van der Waals surface area contributed by atoms with Gasteiger partial charge in [0.05, 0.1) is 17.0 Å². The molecule has 0 fully saturated rings. The van der Waals surface area contributed by atoms with E-state index in [4.69, 9.17) is 16.7 Å². The summed E-state index contributed by atoms with van der Waals surface area (Å²) in [4.78, 5) is 30.1. The Morgan fingerprint density at radius 3 is 2.67 bits per heavy atom. The molecule has 0 aliphatic carbocycles. The maximum absolute atomic E-state index is 12.7. The van der Waals surface area contributed by atoms with Crippen molar-refractivity contribution in [2.75, 3.05) is 6.54 Å². The first-order chi connectivity index (χ1) is 12.9. The number of rotatable bonds is 4. The van der Waals surface area contributed by atoms with Crippen molar-refractivity contribution in [2.45, 2.75) is 0 Å². The Kier molecular flexibility index (Phi) is 4.41. The zero-order valence-electron chi connectivity index (χ0n) is 13.8. The van der Waals surface area contributed by atoms with Crippen molar-refractivity contribution in [3.8, 4) is 11.4 Å². The molecule has 0 bridgehead atoms. The third-order valence-electron chi connectivity index (χ3n) is 4.24. The SMILES string of the molecule is O=C(O)CNC(=O)c1c(-c2cc3cc(Cl)ccc3[nH]2)[nH]c2cc(Br)ccc12. The molecule has 0 saturated carbocycles. The number of hydrogen-bond acceptors (Lipinski definition) is 2. The van der Waals surface area contributed by atoms with E-state index in [1.165, 1.54) is 0 Å². The molecule has 27 heavy (non-hydrogen) atoms. The average molecular weight is 447 g/mol. The van der Waals surface area contributed by atoms with E-state index in [2.05, 4.69) is 31.2 Å². The molecule has 4 aromatic rings.